The summed E-state index contributed by atoms with van der Waals surface area (Å²) in [7, 11) is 0. The molecule has 82 valence electrons. The van der Waals surface area contributed by atoms with Crippen LogP contribution >= 0.6 is 22.9 Å². The molecule has 2 nitrogen and oxygen atoms in total. The van der Waals surface area contributed by atoms with Crippen molar-refractivity contribution in [1.82, 2.24) is 0 Å². The Morgan fingerprint density at radius 2 is 2.19 bits per heavy atom. The molecule has 2 rings (SSSR count). The van der Waals surface area contributed by atoms with Crippen molar-refractivity contribution in [3.8, 4) is 0 Å². The first-order valence-electron chi connectivity index (χ1n) is 4.76. The molecular weight excluding hydrogens is 242 g/mol. The van der Waals surface area contributed by atoms with Gasteiger partial charge in [-0.25, -0.2) is 0 Å². The standard InChI is InChI=1S/C12H10ClNOS/c1-8-2-3-10(13)6-11(8)14-12(15)9-4-5-16-7-9/h2-7H,1H3,(H,14,15). The van der Waals surface area contributed by atoms with E-state index < -0.39 is 0 Å². The van der Waals surface area contributed by atoms with E-state index in [1.165, 1.54) is 11.3 Å². The number of hydrogen-bond donors (Lipinski definition) is 1. The van der Waals surface area contributed by atoms with E-state index in [2.05, 4.69) is 5.32 Å². The highest BCUT2D eigenvalue weighted by atomic mass is 35.5. The van der Waals surface area contributed by atoms with Crippen LogP contribution in [-0.2, 0) is 0 Å². The van der Waals surface area contributed by atoms with Crippen LogP contribution in [0.1, 0.15) is 15.9 Å². The van der Waals surface area contributed by atoms with Gasteiger partial charge >= 0.3 is 0 Å². The molecule has 4 heteroatoms. The quantitative estimate of drug-likeness (QED) is 0.860. The minimum Gasteiger partial charge on any atom is -0.322 e. The van der Waals surface area contributed by atoms with Crippen LogP contribution in [0.3, 0.4) is 0 Å². The van der Waals surface area contributed by atoms with Gasteiger partial charge in [0.15, 0.2) is 0 Å². The number of carbonyl (C=O) groups excluding carboxylic acids is 1. The number of hydrogen-bond acceptors (Lipinski definition) is 2. The van der Waals surface area contributed by atoms with Crippen LogP contribution in [-0.4, -0.2) is 5.91 Å². The highest BCUT2D eigenvalue weighted by molar-refractivity contribution is 7.08. The summed E-state index contributed by atoms with van der Waals surface area (Å²) in [6.07, 6.45) is 0. The molecule has 1 heterocycles. The zero-order valence-electron chi connectivity index (χ0n) is 8.66. The fourth-order valence-electron chi connectivity index (χ4n) is 1.32. The average Bonchev–Trinajstić information content (AvgIpc) is 2.76. The third-order valence-electron chi connectivity index (χ3n) is 2.23. The fraction of sp³-hybridized carbons (Fsp3) is 0.0833. The molecule has 0 saturated carbocycles. The lowest BCUT2D eigenvalue weighted by atomic mass is 10.2. The lowest BCUT2D eigenvalue weighted by molar-refractivity contribution is 0.102. The van der Waals surface area contributed by atoms with Gasteiger partial charge in [-0.2, -0.15) is 11.3 Å². The molecule has 0 unspecified atom stereocenters. The minimum absolute atomic E-state index is 0.105. The predicted molar refractivity (Wildman–Crippen MR) is 68.5 cm³/mol. The number of thiophene rings is 1. The first kappa shape index (κ1) is 11.2. The SMILES string of the molecule is Cc1ccc(Cl)cc1NC(=O)c1ccsc1. The van der Waals surface area contributed by atoms with E-state index in [4.69, 9.17) is 11.6 Å². The Morgan fingerprint density at radius 1 is 1.38 bits per heavy atom. The van der Waals surface area contributed by atoms with Crippen LogP contribution in [0.5, 0.6) is 0 Å². The Bertz CT molecular complexity index is 508. The summed E-state index contributed by atoms with van der Waals surface area (Å²) in [5.41, 5.74) is 2.42. The lowest BCUT2D eigenvalue weighted by Gasteiger charge is -2.07. The second kappa shape index (κ2) is 4.68. The van der Waals surface area contributed by atoms with E-state index in [1.54, 1.807) is 18.2 Å². The van der Waals surface area contributed by atoms with Crippen molar-refractivity contribution in [3.05, 3.63) is 51.2 Å². The van der Waals surface area contributed by atoms with Crippen molar-refractivity contribution < 1.29 is 4.79 Å². The highest BCUT2D eigenvalue weighted by Gasteiger charge is 2.07. The minimum atomic E-state index is -0.105. The number of aryl methyl sites for hydroxylation is 1. The monoisotopic (exact) mass is 251 g/mol. The van der Waals surface area contributed by atoms with Crippen LogP contribution in [0.15, 0.2) is 35.0 Å². The first-order valence-corrected chi connectivity index (χ1v) is 6.08. The Labute approximate surface area is 103 Å². The van der Waals surface area contributed by atoms with Gasteiger partial charge in [0.1, 0.15) is 0 Å². The van der Waals surface area contributed by atoms with Crippen LogP contribution in [0.4, 0.5) is 5.69 Å². The van der Waals surface area contributed by atoms with Crippen molar-refractivity contribution in [1.29, 1.82) is 0 Å². The topological polar surface area (TPSA) is 29.1 Å². The molecular formula is C12H10ClNOS. The summed E-state index contributed by atoms with van der Waals surface area (Å²) in [6.45, 7) is 1.93. The van der Waals surface area contributed by atoms with E-state index in [1.807, 2.05) is 23.8 Å². The van der Waals surface area contributed by atoms with Gasteiger partial charge < -0.3 is 5.32 Å². The molecule has 0 aliphatic carbocycles. The molecule has 0 fully saturated rings. The summed E-state index contributed by atoms with van der Waals surface area (Å²) >= 11 is 7.37. The van der Waals surface area contributed by atoms with Gasteiger partial charge in [-0.3, -0.25) is 4.79 Å². The van der Waals surface area contributed by atoms with E-state index in [0.29, 0.717) is 10.6 Å². The van der Waals surface area contributed by atoms with Gasteiger partial charge in [0.05, 0.1) is 5.56 Å². The molecule has 0 radical (unpaired) electrons. The van der Waals surface area contributed by atoms with Crippen molar-refractivity contribution in [2.75, 3.05) is 5.32 Å². The van der Waals surface area contributed by atoms with Crippen molar-refractivity contribution in [3.63, 3.8) is 0 Å². The number of anilines is 1. The number of benzene rings is 1. The summed E-state index contributed by atoms with van der Waals surface area (Å²) in [5.74, 6) is -0.105. The van der Waals surface area contributed by atoms with E-state index in [9.17, 15) is 4.79 Å². The van der Waals surface area contributed by atoms with Gasteiger partial charge in [-0.05, 0) is 36.1 Å². The summed E-state index contributed by atoms with van der Waals surface area (Å²) in [6, 6.07) is 7.23. The molecule has 0 saturated heterocycles. The van der Waals surface area contributed by atoms with Gasteiger partial charge in [0, 0.05) is 16.1 Å². The normalized spacial score (nSPS) is 10.1. The zero-order valence-corrected chi connectivity index (χ0v) is 10.2. The third kappa shape index (κ3) is 2.43. The lowest BCUT2D eigenvalue weighted by Crippen LogP contribution is -2.11. The van der Waals surface area contributed by atoms with Gasteiger partial charge in [0.2, 0.25) is 0 Å². The second-order valence-corrected chi connectivity index (χ2v) is 4.64. The maximum absolute atomic E-state index is 11.8. The maximum Gasteiger partial charge on any atom is 0.256 e. The molecule has 2 aromatic rings. The zero-order chi connectivity index (χ0) is 11.5. The summed E-state index contributed by atoms with van der Waals surface area (Å²) in [5, 5.41) is 7.14. The van der Waals surface area contributed by atoms with E-state index >= 15 is 0 Å². The Balaban J connectivity index is 2.21. The van der Waals surface area contributed by atoms with Crippen LogP contribution in [0.2, 0.25) is 5.02 Å². The summed E-state index contributed by atoms with van der Waals surface area (Å²) < 4.78 is 0. The average molecular weight is 252 g/mol. The predicted octanol–water partition coefficient (Wildman–Crippen LogP) is 3.96. The van der Waals surface area contributed by atoms with E-state index in [-0.39, 0.29) is 5.91 Å². The highest BCUT2D eigenvalue weighted by Crippen LogP contribution is 2.21. The molecule has 0 aliphatic heterocycles. The third-order valence-corrected chi connectivity index (χ3v) is 3.15. The van der Waals surface area contributed by atoms with Gasteiger partial charge in [0.25, 0.3) is 5.91 Å². The van der Waals surface area contributed by atoms with Crippen LogP contribution in [0, 0.1) is 6.92 Å². The Hall–Kier alpha value is -1.32. The van der Waals surface area contributed by atoms with E-state index in [0.717, 1.165) is 11.3 Å². The van der Waals surface area contributed by atoms with Gasteiger partial charge in [-0.1, -0.05) is 17.7 Å². The molecule has 1 aromatic carbocycles. The van der Waals surface area contributed by atoms with Gasteiger partial charge in [-0.15, -0.1) is 0 Å². The number of halogens is 1. The Kier molecular flexibility index (Phi) is 3.27. The van der Waals surface area contributed by atoms with Crippen LogP contribution in [0.25, 0.3) is 0 Å². The molecule has 0 bridgehead atoms. The number of amides is 1. The summed E-state index contributed by atoms with van der Waals surface area (Å²) in [4.78, 5) is 11.8. The smallest absolute Gasteiger partial charge is 0.256 e. The number of carbonyl (C=O) groups is 1. The number of nitrogens with one attached hydrogen (secondary N) is 1. The van der Waals surface area contributed by atoms with Crippen molar-refractivity contribution in [2.24, 2.45) is 0 Å². The molecule has 1 amide bonds. The molecule has 0 spiro atoms. The molecule has 1 N–H and O–H groups in total. The molecule has 16 heavy (non-hydrogen) atoms. The molecule has 0 aliphatic rings. The maximum atomic E-state index is 11.8. The van der Waals surface area contributed by atoms with Crippen LogP contribution < -0.4 is 5.32 Å². The van der Waals surface area contributed by atoms with Crippen molar-refractivity contribution >= 4 is 34.5 Å². The molecule has 1 aromatic heterocycles. The fourth-order valence-corrected chi connectivity index (χ4v) is 2.13. The largest absolute Gasteiger partial charge is 0.322 e. The Morgan fingerprint density at radius 3 is 2.88 bits per heavy atom. The van der Waals surface area contributed by atoms with Crippen molar-refractivity contribution in [2.45, 2.75) is 6.92 Å². The first-order chi connectivity index (χ1) is 7.66. The molecule has 0 atom stereocenters. The number of rotatable bonds is 2. The second-order valence-electron chi connectivity index (χ2n) is 3.43.